The second-order valence-corrected chi connectivity index (χ2v) is 8.55. The molecule has 0 radical (unpaired) electrons. The van der Waals surface area contributed by atoms with Crippen LogP contribution in [0.3, 0.4) is 0 Å². The van der Waals surface area contributed by atoms with Crippen LogP contribution < -0.4 is 4.74 Å². The number of aliphatic hydroxyl groups is 1. The first-order valence-electron chi connectivity index (χ1n) is 10.5. The van der Waals surface area contributed by atoms with Crippen LogP contribution in [0.15, 0.2) is 54.6 Å². The zero-order valence-electron chi connectivity index (χ0n) is 17.5. The molecule has 1 atom stereocenters. The number of nitrogens with zero attached hydrogens (tertiary/aromatic N) is 3. The molecule has 0 spiro atoms. The monoisotopic (exact) mass is 425 g/mol. The Morgan fingerprint density at radius 3 is 2.53 bits per heavy atom. The van der Waals surface area contributed by atoms with Gasteiger partial charge in [-0.1, -0.05) is 54.1 Å². The van der Waals surface area contributed by atoms with Gasteiger partial charge >= 0.3 is 0 Å². The Hall–Kier alpha value is -2.34. The van der Waals surface area contributed by atoms with Crippen LogP contribution >= 0.6 is 11.6 Å². The van der Waals surface area contributed by atoms with Gasteiger partial charge in [0.1, 0.15) is 11.4 Å². The van der Waals surface area contributed by atoms with Crippen molar-refractivity contribution in [3.63, 3.8) is 0 Å². The van der Waals surface area contributed by atoms with Crippen LogP contribution in [0.4, 0.5) is 0 Å². The number of hydrogen-bond acceptors (Lipinski definition) is 4. The standard InChI is InChI=1S/C24H28ClN3O2/c1-17(29)14-28(15-18-12-13-18)16-20-23(19-8-4-3-5-9-19)26-27(2)24(20)30-22-11-7-6-10-21(22)25/h3-11,17-18,29H,12-16H2,1-2H3/t17-/m1/s1. The lowest BCUT2D eigenvalue weighted by Gasteiger charge is -2.24. The molecular formula is C24H28ClN3O2. The third-order valence-corrected chi connectivity index (χ3v) is 5.61. The van der Waals surface area contributed by atoms with Gasteiger partial charge in [0.15, 0.2) is 0 Å². The Labute approximate surface area is 182 Å². The molecular weight excluding hydrogens is 398 g/mol. The second kappa shape index (κ2) is 9.21. The lowest BCUT2D eigenvalue weighted by Crippen LogP contribution is -2.32. The normalized spacial score (nSPS) is 14.8. The molecule has 1 fully saturated rings. The predicted octanol–water partition coefficient (Wildman–Crippen LogP) is 5.13. The minimum atomic E-state index is -0.395. The number of aliphatic hydroxyl groups excluding tert-OH is 1. The third kappa shape index (κ3) is 5.04. The number of aromatic nitrogens is 2. The third-order valence-electron chi connectivity index (χ3n) is 5.30. The highest BCUT2D eigenvalue weighted by molar-refractivity contribution is 6.32. The Morgan fingerprint density at radius 1 is 1.17 bits per heavy atom. The molecule has 1 aromatic heterocycles. The van der Waals surface area contributed by atoms with Gasteiger partial charge in [-0.05, 0) is 37.8 Å². The van der Waals surface area contributed by atoms with Crippen LogP contribution in [0.5, 0.6) is 11.6 Å². The molecule has 0 amide bonds. The Morgan fingerprint density at radius 2 is 1.87 bits per heavy atom. The van der Waals surface area contributed by atoms with Crippen molar-refractivity contribution in [3.05, 3.63) is 65.2 Å². The minimum absolute atomic E-state index is 0.395. The Bertz CT molecular complexity index is 979. The van der Waals surface area contributed by atoms with Crippen molar-refractivity contribution in [1.29, 1.82) is 0 Å². The summed E-state index contributed by atoms with van der Waals surface area (Å²) in [6, 6.07) is 17.6. The molecule has 0 bridgehead atoms. The van der Waals surface area contributed by atoms with Gasteiger partial charge in [0, 0.05) is 32.2 Å². The summed E-state index contributed by atoms with van der Waals surface area (Å²) in [6.45, 7) is 4.08. The van der Waals surface area contributed by atoms with E-state index in [1.807, 2.05) is 56.4 Å². The highest BCUT2D eigenvalue weighted by atomic mass is 35.5. The smallest absolute Gasteiger partial charge is 0.222 e. The van der Waals surface area contributed by atoms with Crippen molar-refractivity contribution in [2.24, 2.45) is 13.0 Å². The maximum atomic E-state index is 10.1. The van der Waals surface area contributed by atoms with Crippen LogP contribution in [-0.2, 0) is 13.6 Å². The van der Waals surface area contributed by atoms with Gasteiger partial charge in [-0.2, -0.15) is 5.10 Å². The summed E-state index contributed by atoms with van der Waals surface area (Å²) in [5.74, 6) is 1.99. The first-order valence-corrected chi connectivity index (χ1v) is 10.8. The topological polar surface area (TPSA) is 50.5 Å². The van der Waals surface area contributed by atoms with Crippen molar-refractivity contribution in [2.75, 3.05) is 13.1 Å². The maximum Gasteiger partial charge on any atom is 0.222 e. The number of rotatable bonds is 9. The van der Waals surface area contributed by atoms with Gasteiger partial charge < -0.3 is 9.84 Å². The fourth-order valence-corrected chi connectivity index (χ4v) is 3.92. The summed E-state index contributed by atoms with van der Waals surface area (Å²) in [7, 11) is 1.89. The van der Waals surface area contributed by atoms with Crippen molar-refractivity contribution in [1.82, 2.24) is 14.7 Å². The van der Waals surface area contributed by atoms with Crippen molar-refractivity contribution >= 4 is 11.6 Å². The molecule has 6 heteroatoms. The molecule has 30 heavy (non-hydrogen) atoms. The summed E-state index contributed by atoms with van der Waals surface area (Å²) in [5, 5.41) is 15.4. The number of halogens is 1. The molecule has 1 aliphatic rings. The second-order valence-electron chi connectivity index (χ2n) is 8.14. The average Bonchev–Trinajstić information content (AvgIpc) is 3.49. The van der Waals surface area contributed by atoms with Gasteiger partial charge in [-0.15, -0.1) is 0 Å². The molecule has 3 aromatic rings. The highest BCUT2D eigenvalue weighted by Crippen LogP contribution is 2.37. The zero-order valence-corrected chi connectivity index (χ0v) is 18.2. The largest absolute Gasteiger partial charge is 0.437 e. The van der Waals surface area contributed by atoms with E-state index < -0.39 is 6.10 Å². The quantitative estimate of drug-likeness (QED) is 0.516. The van der Waals surface area contributed by atoms with E-state index in [2.05, 4.69) is 17.0 Å². The molecule has 4 rings (SSSR count). The number of aryl methyl sites for hydroxylation is 1. The van der Waals surface area contributed by atoms with Gasteiger partial charge in [0.25, 0.3) is 0 Å². The van der Waals surface area contributed by atoms with E-state index in [1.54, 1.807) is 4.68 Å². The maximum absolute atomic E-state index is 10.1. The lowest BCUT2D eigenvalue weighted by atomic mass is 10.1. The van der Waals surface area contributed by atoms with Gasteiger partial charge in [-0.3, -0.25) is 4.90 Å². The van der Waals surface area contributed by atoms with Crippen LogP contribution in [0.2, 0.25) is 5.02 Å². The van der Waals surface area contributed by atoms with E-state index in [1.165, 1.54) is 12.8 Å². The van der Waals surface area contributed by atoms with Gasteiger partial charge in [0.2, 0.25) is 5.88 Å². The molecule has 1 N–H and O–H groups in total. The zero-order chi connectivity index (χ0) is 21.1. The molecule has 5 nitrogen and oxygen atoms in total. The van der Waals surface area contributed by atoms with Crippen LogP contribution in [0, 0.1) is 5.92 Å². The van der Waals surface area contributed by atoms with Crippen LogP contribution in [0.1, 0.15) is 25.3 Å². The summed E-state index contributed by atoms with van der Waals surface area (Å²) in [4.78, 5) is 2.31. The SMILES string of the molecule is C[C@@H](O)CN(Cc1c(-c2ccccc2)nn(C)c1Oc1ccccc1Cl)CC1CC1. The predicted molar refractivity (Wildman–Crippen MR) is 120 cm³/mol. The number of hydrogen-bond donors (Lipinski definition) is 1. The number of para-hydroxylation sites is 1. The number of ether oxygens (including phenoxy) is 1. The molecule has 1 aliphatic carbocycles. The molecule has 1 saturated carbocycles. The van der Waals surface area contributed by atoms with E-state index >= 15 is 0 Å². The van der Waals surface area contributed by atoms with E-state index in [0.717, 1.165) is 23.4 Å². The first-order chi connectivity index (χ1) is 14.5. The Kier molecular flexibility index (Phi) is 6.42. The fourth-order valence-electron chi connectivity index (χ4n) is 3.75. The van der Waals surface area contributed by atoms with Crippen molar-refractivity contribution < 1.29 is 9.84 Å². The molecule has 158 valence electrons. The lowest BCUT2D eigenvalue weighted by molar-refractivity contribution is 0.119. The minimum Gasteiger partial charge on any atom is -0.437 e. The van der Waals surface area contributed by atoms with E-state index in [0.29, 0.717) is 35.7 Å². The summed E-state index contributed by atoms with van der Waals surface area (Å²) >= 11 is 6.36. The average molecular weight is 426 g/mol. The molecule has 0 saturated heterocycles. The van der Waals surface area contributed by atoms with E-state index in [-0.39, 0.29) is 0 Å². The first kappa shape index (κ1) is 20.9. The molecule has 0 unspecified atom stereocenters. The van der Waals surface area contributed by atoms with Gasteiger partial charge in [0.05, 0.1) is 16.7 Å². The summed E-state index contributed by atoms with van der Waals surface area (Å²) in [6.07, 6.45) is 2.13. The van der Waals surface area contributed by atoms with Crippen LogP contribution in [-0.4, -0.2) is 39.0 Å². The summed E-state index contributed by atoms with van der Waals surface area (Å²) < 4.78 is 8.06. The van der Waals surface area contributed by atoms with E-state index in [4.69, 9.17) is 21.4 Å². The Balaban J connectivity index is 1.73. The number of benzene rings is 2. The van der Waals surface area contributed by atoms with Gasteiger partial charge in [-0.25, -0.2) is 4.68 Å². The molecule has 2 aromatic carbocycles. The highest BCUT2D eigenvalue weighted by Gasteiger charge is 2.28. The van der Waals surface area contributed by atoms with Crippen LogP contribution in [0.25, 0.3) is 11.3 Å². The summed E-state index contributed by atoms with van der Waals surface area (Å²) in [5.41, 5.74) is 2.94. The molecule has 1 heterocycles. The fraction of sp³-hybridized carbons (Fsp3) is 0.375. The molecule has 0 aliphatic heterocycles. The van der Waals surface area contributed by atoms with E-state index in [9.17, 15) is 5.11 Å². The van der Waals surface area contributed by atoms with Crippen molar-refractivity contribution in [2.45, 2.75) is 32.4 Å². The van der Waals surface area contributed by atoms with Crippen molar-refractivity contribution in [3.8, 4) is 22.9 Å².